The van der Waals surface area contributed by atoms with Gasteiger partial charge in [-0.05, 0) is 58.7 Å². The van der Waals surface area contributed by atoms with E-state index < -0.39 is 11.7 Å². The van der Waals surface area contributed by atoms with Crippen molar-refractivity contribution in [1.29, 1.82) is 5.26 Å². The van der Waals surface area contributed by atoms with E-state index in [0.29, 0.717) is 27.3 Å². The van der Waals surface area contributed by atoms with Gasteiger partial charge in [-0.1, -0.05) is 41.9 Å². The SMILES string of the molecule is N#Cc1ccc(-c2ccc(C(F)(F)F)cc2-c2ccc(Cl)cc2)cc1. The van der Waals surface area contributed by atoms with Crippen molar-refractivity contribution < 1.29 is 13.2 Å². The van der Waals surface area contributed by atoms with Crippen LogP contribution in [0.4, 0.5) is 13.2 Å². The molecule has 5 heteroatoms. The molecule has 0 atom stereocenters. The van der Waals surface area contributed by atoms with Gasteiger partial charge in [-0.2, -0.15) is 18.4 Å². The molecule has 0 aliphatic heterocycles. The van der Waals surface area contributed by atoms with E-state index in [1.807, 2.05) is 6.07 Å². The summed E-state index contributed by atoms with van der Waals surface area (Å²) < 4.78 is 39.4. The Morgan fingerprint density at radius 3 is 1.88 bits per heavy atom. The highest BCUT2D eigenvalue weighted by Crippen LogP contribution is 2.38. The van der Waals surface area contributed by atoms with Crippen LogP contribution in [-0.2, 0) is 6.18 Å². The van der Waals surface area contributed by atoms with Crippen LogP contribution in [0.1, 0.15) is 11.1 Å². The molecule has 0 amide bonds. The summed E-state index contributed by atoms with van der Waals surface area (Å²) in [6.45, 7) is 0. The summed E-state index contributed by atoms with van der Waals surface area (Å²) in [4.78, 5) is 0. The summed E-state index contributed by atoms with van der Waals surface area (Å²) in [6.07, 6.45) is -4.43. The predicted octanol–water partition coefficient (Wildman–Crippen LogP) is 6.56. The lowest BCUT2D eigenvalue weighted by Gasteiger charge is -2.14. The quantitative estimate of drug-likeness (QED) is 0.509. The van der Waals surface area contributed by atoms with Crippen molar-refractivity contribution in [2.45, 2.75) is 6.18 Å². The zero-order chi connectivity index (χ0) is 18.0. The van der Waals surface area contributed by atoms with Crippen LogP contribution >= 0.6 is 11.6 Å². The summed E-state index contributed by atoms with van der Waals surface area (Å²) >= 11 is 5.88. The molecule has 124 valence electrons. The van der Waals surface area contributed by atoms with Crippen LogP contribution in [0.5, 0.6) is 0 Å². The summed E-state index contributed by atoms with van der Waals surface area (Å²) in [6, 6.07) is 19.0. The van der Waals surface area contributed by atoms with Crippen molar-refractivity contribution in [3.63, 3.8) is 0 Å². The maximum Gasteiger partial charge on any atom is 0.416 e. The first-order chi connectivity index (χ1) is 11.9. The molecule has 0 aromatic heterocycles. The van der Waals surface area contributed by atoms with Gasteiger partial charge in [0, 0.05) is 5.02 Å². The van der Waals surface area contributed by atoms with Gasteiger partial charge in [0.1, 0.15) is 0 Å². The molecule has 0 heterocycles. The number of hydrogen-bond donors (Lipinski definition) is 0. The molecular formula is C20H11ClF3N. The molecule has 3 aromatic carbocycles. The van der Waals surface area contributed by atoms with Crippen molar-refractivity contribution in [2.24, 2.45) is 0 Å². The van der Waals surface area contributed by atoms with Crippen LogP contribution < -0.4 is 0 Å². The zero-order valence-electron chi connectivity index (χ0n) is 12.8. The number of nitriles is 1. The van der Waals surface area contributed by atoms with Gasteiger partial charge in [0.2, 0.25) is 0 Å². The van der Waals surface area contributed by atoms with Gasteiger partial charge in [0.25, 0.3) is 0 Å². The van der Waals surface area contributed by atoms with Crippen LogP contribution in [-0.4, -0.2) is 0 Å². The number of halogens is 4. The number of benzene rings is 3. The number of alkyl halides is 3. The normalized spacial score (nSPS) is 11.2. The molecule has 0 aliphatic carbocycles. The minimum Gasteiger partial charge on any atom is -0.192 e. The third-order valence-corrected chi connectivity index (χ3v) is 4.08. The molecule has 0 saturated carbocycles. The second-order valence-corrected chi connectivity index (χ2v) is 5.89. The highest BCUT2D eigenvalue weighted by molar-refractivity contribution is 6.30. The van der Waals surface area contributed by atoms with Crippen LogP contribution in [0.15, 0.2) is 66.7 Å². The Kier molecular flexibility index (Phi) is 4.52. The van der Waals surface area contributed by atoms with Gasteiger partial charge in [-0.3, -0.25) is 0 Å². The molecule has 0 spiro atoms. The minimum absolute atomic E-state index is 0.455. The maximum absolute atomic E-state index is 13.1. The Hall–Kier alpha value is -2.77. The molecule has 1 nitrogen and oxygen atoms in total. The lowest BCUT2D eigenvalue weighted by atomic mass is 9.92. The van der Waals surface area contributed by atoms with Gasteiger partial charge in [0.05, 0.1) is 17.2 Å². The van der Waals surface area contributed by atoms with E-state index in [0.717, 1.165) is 17.7 Å². The fraction of sp³-hybridized carbons (Fsp3) is 0.0500. The average Bonchev–Trinajstić information content (AvgIpc) is 2.61. The number of rotatable bonds is 2. The summed E-state index contributed by atoms with van der Waals surface area (Å²) in [5.41, 5.74) is 2.25. The fourth-order valence-corrected chi connectivity index (χ4v) is 2.69. The van der Waals surface area contributed by atoms with Gasteiger partial charge in [-0.15, -0.1) is 0 Å². The Bertz CT molecular complexity index is 937. The van der Waals surface area contributed by atoms with E-state index >= 15 is 0 Å². The Morgan fingerprint density at radius 1 is 0.760 bits per heavy atom. The van der Waals surface area contributed by atoms with Crippen LogP contribution in [0, 0.1) is 11.3 Å². The van der Waals surface area contributed by atoms with Crippen LogP contribution in [0.3, 0.4) is 0 Å². The monoisotopic (exact) mass is 357 g/mol. The predicted molar refractivity (Wildman–Crippen MR) is 92.0 cm³/mol. The fourth-order valence-electron chi connectivity index (χ4n) is 2.56. The summed E-state index contributed by atoms with van der Waals surface area (Å²) in [5, 5.41) is 9.41. The number of nitrogens with zero attached hydrogens (tertiary/aromatic N) is 1. The smallest absolute Gasteiger partial charge is 0.192 e. The molecule has 0 saturated heterocycles. The van der Waals surface area contributed by atoms with Crippen molar-refractivity contribution in [2.75, 3.05) is 0 Å². The van der Waals surface area contributed by atoms with E-state index in [4.69, 9.17) is 16.9 Å². The molecule has 0 radical (unpaired) electrons. The maximum atomic E-state index is 13.1. The Balaban J connectivity index is 2.20. The number of hydrogen-bond acceptors (Lipinski definition) is 1. The van der Waals surface area contributed by atoms with Crippen LogP contribution in [0.25, 0.3) is 22.3 Å². The van der Waals surface area contributed by atoms with Crippen molar-refractivity contribution in [3.05, 3.63) is 82.9 Å². The van der Waals surface area contributed by atoms with Gasteiger partial charge in [-0.25, -0.2) is 0 Å². The van der Waals surface area contributed by atoms with Crippen LogP contribution in [0.2, 0.25) is 5.02 Å². The van der Waals surface area contributed by atoms with Crippen molar-refractivity contribution in [3.8, 4) is 28.3 Å². The zero-order valence-corrected chi connectivity index (χ0v) is 13.6. The van der Waals surface area contributed by atoms with E-state index in [9.17, 15) is 13.2 Å². The molecular weight excluding hydrogens is 347 g/mol. The molecule has 0 N–H and O–H groups in total. The third kappa shape index (κ3) is 3.67. The second kappa shape index (κ2) is 6.62. The first-order valence-electron chi connectivity index (χ1n) is 7.36. The molecule has 0 aliphatic rings. The van der Waals surface area contributed by atoms with Crippen molar-refractivity contribution in [1.82, 2.24) is 0 Å². The lowest BCUT2D eigenvalue weighted by molar-refractivity contribution is -0.137. The molecule has 0 unspecified atom stereocenters. The van der Waals surface area contributed by atoms with E-state index in [-0.39, 0.29) is 0 Å². The summed E-state index contributed by atoms with van der Waals surface area (Å²) in [5.74, 6) is 0. The van der Waals surface area contributed by atoms with E-state index in [2.05, 4.69) is 0 Å². The highest BCUT2D eigenvalue weighted by atomic mass is 35.5. The molecule has 0 bridgehead atoms. The minimum atomic E-state index is -4.43. The van der Waals surface area contributed by atoms with E-state index in [1.54, 1.807) is 48.5 Å². The first kappa shape index (κ1) is 17.1. The summed E-state index contributed by atoms with van der Waals surface area (Å²) in [7, 11) is 0. The molecule has 25 heavy (non-hydrogen) atoms. The standard InChI is InChI=1S/C20H11ClF3N/c21-17-8-5-15(6-9-17)19-11-16(20(22,23)24)7-10-18(19)14-3-1-13(12-25)2-4-14/h1-11H. The largest absolute Gasteiger partial charge is 0.416 e. The lowest BCUT2D eigenvalue weighted by Crippen LogP contribution is -2.05. The second-order valence-electron chi connectivity index (χ2n) is 5.45. The van der Waals surface area contributed by atoms with Gasteiger partial charge >= 0.3 is 6.18 Å². The topological polar surface area (TPSA) is 23.8 Å². The van der Waals surface area contributed by atoms with Crippen molar-refractivity contribution >= 4 is 11.6 Å². The van der Waals surface area contributed by atoms with Gasteiger partial charge < -0.3 is 0 Å². The Labute approximate surface area is 147 Å². The first-order valence-corrected chi connectivity index (χ1v) is 7.74. The highest BCUT2D eigenvalue weighted by Gasteiger charge is 2.31. The van der Waals surface area contributed by atoms with E-state index in [1.165, 1.54) is 6.07 Å². The molecule has 3 rings (SSSR count). The van der Waals surface area contributed by atoms with Gasteiger partial charge in [0.15, 0.2) is 0 Å². The Morgan fingerprint density at radius 2 is 1.32 bits per heavy atom. The average molecular weight is 358 g/mol. The third-order valence-electron chi connectivity index (χ3n) is 3.83. The molecule has 3 aromatic rings. The molecule has 0 fully saturated rings.